The first-order valence-corrected chi connectivity index (χ1v) is 12.8. The van der Waals surface area contributed by atoms with Gasteiger partial charge in [0.2, 0.25) is 26.1 Å². The summed E-state index contributed by atoms with van der Waals surface area (Å²) in [6.07, 6.45) is -4.68. The SMILES string of the molecule is NS(=O)(=O)c1ccc(-n2c(SCC(=O)Nc3nnc(C(F)(F)F)s3)nc3ccccc3c2=O)cc1. The molecule has 0 aliphatic heterocycles. The van der Waals surface area contributed by atoms with Crippen LogP contribution >= 0.6 is 23.1 Å². The van der Waals surface area contributed by atoms with E-state index < -0.39 is 32.7 Å². The molecule has 4 rings (SSSR count). The summed E-state index contributed by atoms with van der Waals surface area (Å²) >= 11 is 1.03. The Balaban J connectivity index is 1.64. The first kappa shape index (κ1) is 24.8. The molecule has 0 aliphatic rings. The molecule has 0 spiro atoms. The molecule has 2 heterocycles. The summed E-state index contributed by atoms with van der Waals surface area (Å²) in [6.45, 7) is 0. The Kier molecular flexibility index (Phi) is 6.63. The van der Waals surface area contributed by atoms with Crippen molar-refractivity contribution in [3.05, 3.63) is 63.9 Å². The average Bonchev–Trinajstić information content (AvgIpc) is 3.26. The molecular formula is C19H13F3N6O4S3. The van der Waals surface area contributed by atoms with Gasteiger partial charge < -0.3 is 0 Å². The van der Waals surface area contributed by atoms with E-state index in [-0.39, 0.29) is 43.3 Å². The number of anilines is 1. The summed E-state index contributed by atoms with van der Waals surface area (Å²) < 4.78 is 62.3. The fourth-order valence-corrected chi connectivity index (χ4v) is 4.85. The number of sulfonamides is 1. The molecule has 182 valence electrons. The number of aromatic nitrogens is 4. The number of nitrogens with one attached hydrogen (secondary N) is 1. The fraction of sp³-hybridized carbons (Fsp3) is 0.105. The summed E-state index contributed by atoms with van der Waals surface area (Å²) in [5.41, 5.74) is 0.153. The largest absolute Gasteiger partial charge is 0.445 e. The monoisotopic (exact) mass is 542 g/mol. The number of para-hydroxylation sites is 1. The van der Waals surface area contributed by atoms with Crippen molar-refractivity contribution < 1.29 is 26.4 Å². The first-order chi connectivity index (χ1) is 16.4. The van der Waals surface area contributed by atoms with Crippen LogP contribution in [0.4, 0.5) is 18.3 Å². The summed E-state index contributed by atoms with van der Waals surface area (Å²) in [5.74, 6) is -1.01. The van der Waals surface area contributed by atoms with Gasteiger partial charge in [-0.3, -0.25) is 19.5 Å². The van der Waals surface area contributed by atoms with E-state index in [1.54, 1.807) is 24.3 Å². The van der Waals surface area contributed by atoms with Crippen LogP contribution in [0, 0.1) is 0 Å². The Morgan fingerprint density at radius 1 is 1.11 bits per heavy atom. The Hall–Kier alpha value is -3.34. The van der Waals surface area contributed by atoms with Gasteiger partial charge in [-0.25, -0.2) is 18.5 Å². The van der Waals surface area contributed by atoms with Gasteiger partial charge in [-0.2, -0.15) is 13.2 Å². The molecule has 16 heteroatoms. The van der Waals surface area contributed by atoms with Crippen LogP contribution in [0.3, 0.4) is 0 Å². The number of benzene rings is 2. The van der Waals surface area contributed by atoms with Gasteiger partial charge >= 0.3 is 6.18 Å². The normalized spacial score (nSPS) is 12.1. The fourth-order valence-electron chi connectivity index (χ4n) is 2.90. The molecule has 0 fully saturated rings. The molecule has 0 aliphatic carbocycles. The van der Waals surface area contributed by atoms with Gasteiger partial charge in [0.15, 0.2) is 5.16 Å². The van der Waals surface area contributed by atoms with Crippen molar-refractivity contribution in [3.8, 4) is 5.69 Å². The molecule has 0 unspecified atom stereocenters. The Bertz CT molecular complexity index is 1580. The number of alkyl halides is 3. The molecule has 0 saturated heterocycles. The number of nitrogens with two attached hydrogens (primary N) is 1. The van der Waals surface area contributed by atoms with E-state index >= 15 is 0 Å². The van der Waals surface area contributed by atoms with E-state index in [1.807, 2.05) is 0 Å². The van der Waals surface area contributed by atoms with E-state index in [0.717, 1.165) is 11.8 Å². The van der Waals surface area contributed by atoms with Crippen LogP contribution in [0.15, 0.2) is 63.4 Å². The number of amides is 1. The minimum absolute atomic E-state index is 0.0976. The van der Waals surface area contributed by atoms with Crippen LogP contribution in [0.25, 0.3) is 16.6 Å². The van der Waals surface area contributed by atoms with Crippen molar-refractivity contribution in [1.29, 1.82) is 0 Å². The Morgan fingerprint density at radius 2 is 1.80 bits per heavy atom. The number of thioether (sulfide) groups is 1. The summed E-state index contributed by atoms with van der Waals surface area (Å²) in [4.78, 5) is 29.8. The van der Waals surface area contributed by atoms with Gasteiger partial charge in [-0.1, -0.05) is 35.2 Å². The van der Waals surface area contributed by atoms with Crippen LogP contribution in [-0.2, 0) is 21.0 Å². The highest BCUT2D eigenvalue weighted by atomic mass is 32.2. The topological polar surface area (TPSA) is 150 Å². The van der Waals surface area contributed by atoms with E-state index in [2.05, 4.69) is 20.5 Å². The molecular weight excluding hydrogens is 529 g/mol. The lowest BCUT2D eigenvalue weighted by Crippen LogP contribution is -2.23. The number of primary sulfonamides is 1. The second-order valence-corrected chi connectivity index (χ2v) is 10.3. The van der Waals surface area contributed by atoms with Gasteiger partial charge in [0.25, 0.3) is 5.56 Å². The number of carbonyl (C=O) groups excluding carboxylic acids is 1. The third-order valence-electron chi connectivity index (χ3n) is 4.41. The number of fused-ring (bicyclic) bond motifs is 1. The highest BCUT2D eigenvalue weighted by Gasteiger charge is 2.35. The van der Waals surface area contributed by atoms with Gasteiger partial charge in [0, 0.05) is 0 Å². The third-order valence-corrected chi connectivity index (χ3v) is 7.17. The molecule has 35 heavy (non-hydrogen) atoms. The maximum atomic E-state index is 13.2. The van der Waals surface area contributed by atoms with Crippen LogP contribution in [-0.4, -0.2) is 39.8 Å². The standard InChI is InChI=1S/C19H13F3N6O4S3/c20-19(21,22)16-26-27-17(34-16)25-14(29)9-33-18-24-13-4-2-1-3-12(13)15(30)28(18)10-5-7-11(8-6-10)35(23,31)32/h1-8H,9H2,(H2,23,31,32)(H,25,27,29). The van der Waals surface area contributed by atoms with Crippen LogP contribution in [0.2, 0.25) is 0 Å². The molecule has 0 saturated carbocycles. The third kappa shape index (κ3) is 5.50. The molecule has 3 N–H and O–H groups in total. The lowest BCUT2D eigenvalue weighted by Gasteiger charge is -2.13. The Morgan fingerprint density at radius 3 is 2.43 bits per heavy atom. The van der Waals surface area contributed by atoms with Crippen molar-refractivity contribution in [1.82, 2.24) is 19.7 Å². The minimum atomic E-state index is -4.68. The predicted molar refractivity (Wildman–Crippen MR) is 123 cm³/mol. The zero-order chi connectivity index (χ0) is 25.4. The molecule has 2 aromatic heterocycles. The predicted octanol–water partition coefficient (Wildman–Crippen LogP) is 2.63. The maximum Gasteiger partial charge on any atom is 0.445 e. The smallest absolute Gasteiger partial charge is 0.300 e. The zero-order valence-corrected chi connectivity index (χ0v) is 19.6. The molecule has 0 radical (unpaired) electrons. The van der Waals surface area contributed by atoms with E-state index in [9.17, 15) is 31.2 Å². The van der Waals surface area contributed by atoms with Crippen LogP contribution < -0.4 is 16.0 Å². The number of halogens is 3. The van der Waals surface area contributed by atoms with Gasteiger partial charge in [0.05, 0.1) is 27.2 Å². The highest BCUT2D eigenvalue weighted by molar-refractivity contribution is 7.99. The maximum absolute atomic E-state index is 13.2. The van der Waals surface area contributed by atoms with Crippen molar-refractivity contribution in [2.24, 2.45) is 5.14 Å². The summed E-state index contributed by atoms with van der Waals surface area (Å²) in [5, 5.41) is 12.5. The van der Waals surface area contributed by atoms with Crippen molar-refractivity contribution in [2.45, 2.75) is 16.2 Å². The number of carbonyl (C=O) groups is 1. The lowest BCUT2D eigenvalue weighted by molar-refractivity contribution is -0.138. The van der Waals surface area contributed by atoms with Crippen molar-refractivity contribution in [3.63, 3.8) is 0 Å². The first-order valence-electron chi connectivity index (χ1n) is 9.42. The lowest BCUT2D eigenvalue weighted by atomic mass is 10.2. The number of hydrogen-bond donors (Lipinski definition) is 2. The van der Waals surface area contributed by atoms with Gasteiger partial charge in [-0.05, 0) is 36.4 Å². The van der Waals surface area contributed by atoms with E-state index in [4.69, 9.17) is 5.14 Å². The highest BCUT2D eigenvalue weighted by Crippen LogP contribution is 2.33. The number of nitrogens with zero attached hydrogens (tertiary/aromatic N) is 4. The van der Waals surface area contributed by atoms with E-state index in [0.29, 0.717) is 5.52 Å². The van der Waals surface area contributed by atoms with E-state index in [1.165, 1.54) is 28.8 Å². The molecule has 1 amide bonds. The molecule has 0 atom stereocenters. The van der Waals surface area contributed by atoms with Crippen molar-refractivity contribution >= 4 is 55.1 Å². The quantitative estimate of drug-likeness (QED) is 0.279. The number of rotatable bonds is 6. The van der Waals surface area contributed by atoms with Crippen LogP contribution in [0.5, 0.6) is 0 Å². The van der Waals surface area contributed by atoms with Crippen molar-refractivity contribution in [2.75, 3.05) is 11.1 Å². The van der Waals surface area contributed by atoms with Gasteiger partial charge in [0.1, 0.15) is 0 Å². The van der Waals surface area contributed by atoms with Crippen LogP contribution in [0.1, 0.15) is 5.01 Å². The molecule has 2 aromatic carbocycles. The minimum Gasteiger partial charge on any atom is -0.300 e. The number of hydrogen-bond acceptors (Lipinski definition) is 9. The second-order valence-electron chi connectivity index (χ2n) is 6.84. The average molecular weight is 543 g/mol. The summed E-state index contributed by atoms with van der Waals surface area (Å²) in [6, 6.07) is 11.7. The molecule has 10 nitrogen and oxygen atoms in total. The Labute approximate surface area is 203 Å². The zero-order valence-electron chi connectivity index (χ0n) is 17.2. The molecule has 0 bridgehead atoms. The summed E-state index contributed by atoms with van der Waals surface area (Å²) in [7, 11) is -3.96. The second kappa shape index (κ2) is 9.37. The van der Waals surface area contributed by atoms with Gasteiger partial charge in [-0.15, -0.1) is 10.2 Å². The molecule has 4 aromatic rings.